The quantitative estimate of drug-likeness (QED) is 0.725. The van der Waals surface area contributed by atoms with Crippen LogP contribution >= 0.6 is 0 Å². The Bertz CT molecular complexity index is 290. The normalized spacial score (nSPS) is 11.5. The lowest BCUT2D eigenvalue weighted by Gasteiger charge is -2.23. The van der Waals surface area contributed by atoms with E-state index in [1.807, 2.05) is 12.4 Å². The van der Waals surface area contributed by atoms with E-state index in [1.54, 1.807) is 0 Å². The molecule has 0 radical (unpaired) electrons. The average molecular weight is 190 g/mol. The van der Waals surface area contributed by atoms with Gasteiger partial charge in [-0.15, -0.1) is 0 Å². The predicted molar refractivity (Wildman–Crippen MR) is 59.8 cm³/mol. The highest BCUT2D eigenvalue weighted by molar-refractivity contribution is 5.11. The van der Waals surface area contributed by atoms with Gasteiger partial charge in [0, 0.05) is 31.2 Å². The van der Waals surface area contributed by atoms with Crippen LogP contribution in [0.25, 0.3) is 0 Å². The minimum absolute atomic E-state index is 0.967. The zero-order valence-corrected chi connectivity index (χ0v) is 9.20. The molecule has 0 bridgehead atoms. The lowest BCUT2D eigenvalue weighted by atomic mass is 10.2. The van der Waals surface area contributed by atoms with Crippen molar-refractivity contribution >= 4 is 0 Å². The van der Waals surface area contributed by atoms with Crippen LogP contribution in [0.5, 0.6) is 0 Å². The Kier molecular flexibility index (Phi) is 4.17. The summed E-state index contributed by atoms with van der Waals surface area (Å²) in [7, 11) is 0. The lowest BCUT2D eigenvalue weighted by Crippen LogP contribution is -2.20. The van der Waals surface area contributed by atoms with Gasteiger partial charge in [0.25, 0.3) is 0 Å². The van der Waals surface area contributed by atoms with Crippen LogP contribution in [0.3, 0.4) is 0 Å². The first kappa shape index (κ1) is 10.8. The van der Waals surface area contributed by atoms with Gasteiger partial charge in [0.1, 0.15) is 0 Å². The number of pyridine rings is 1. The second-order valence-corrected chi connectivity index (χ2v) is 3.30. The molecule has 76 valence electrons. The van der Waals surface area contributed by atoms with Gasteiger partial charge in [0.05, 0.1) is 0 Å². The summed E-state index contributed by atoms with van der Waals surface area (Å²) in [5.74, 6) is 0. The van der Waals surface area contributed by atoms with E-state index < -0.39 is 0 Å². The van der Waals surface area contributed by atoms with Crippen LogP contribution in [0.1, 0.15) is 26.3 Å². The Morgan fingerprint density at radius 2 is 2.07 bits per heavy atom. The zero-order chi connectivity index (χ0) is 10.4. The van der Waals surface area contributed by atoms with Crippen LogP contribution < -0.4 is 0 Å². The van der Waals surface area contributed by atoms with Crippen LogP contribution in [0.2, 0.25) is 0 Å². The SMILES string of the molecule is C/C=C(/C)N(CC)Cc1ccncc1. The predicted octanol–water partition coefficient (Wildman–Crippen LogP) is 2.83. The average Bonchev–Trinajstić information content (AvgIpc) is 2.26. The first-order valence-corrected chi connectivity index (χ1v) is 5.04. The van der Waals surface area contributed by atoms with E-state index in [9.17, 15) is 0 Å². The number of aromatic nitrogens is 1. The van der Waals surface area contributed by atoms with Crippen LogP contribution in [0.15, 0.2) is 36.3 Å². The molecule has 0 aliphatic rings. The van der Waals surface area contributed by atoms with Crippen molar-refractivity contribution < 1.29 is 0 Å². The van der Waals surface area contributed by atoms with Gasteiger partial charge in [-0.25, -0.2) is 0 Å². The third-order valence-electron chi connectivity index (χ3n) is 2.42. The van der Waals surface area contributed by atoms with Gasteiger partial charge < -0.3 is 4.90 Å². The summed E-state index contributed by atoms with van der Waals surface area (Å²) in [5, 5.41) is 0. The Morgan fingerprint density at radius 3 is 2.57 bits per heavy atom. The maximum Gasteiger partial charge on any atom is 0.0427 e. The second kappa shape index (κ2) is 5.43. The second-order valence-electron chi connectivity index (χ2n) is 3.30. The molecule has 0 aliphatic heterocycles. The molecule has 0 aromatic carbocycles. The summed E-state index contributed by atoms with van der Waals surface area (Å²) in [5.41, 5.74) is 2.63. The van der Waals surface area contributed by atoms with E-state index >= 15 is 0 Å². The lowest BCUT2D eigenvalue weighted by molar-refractivity contribution is 0.355. The monoisotopic (exact) mass is 190 g/mol. The molecule has 1 aromatic heterocycles. The van der Waals surface area contributed by atoms with E-state index in [0.29, 0.717) is 0 Å². The molecule has 1 heterocycles. The van der Waals surface area contributed by atoms with Crippen molar-refractivity contribution in [2.45, 2.75) is 27.3 Å². The number of rotatable bonds is 4. The highest BCUT2D eigenvalue weighted by Crippen LogP contribution is 2.09. The van der Waals surface area contributed by atoms with Crippen LogP contribution in [-0.4, -0.2) is 16.4 Å². The molecule has 1 aromatic rings. The number of allylic oxidation sites excluding steroid dienone is 2. The third-order valence-corrected chi connectivity index (χ3v) is 2.42. The van der Waals surface area contributed by atoms with Crippen LogP contribution in [0, 0.1) is 0 Å². The van der Waals surface area contributed by atoms with Crippen molar-refractivity contribution in [2.24, 2.45) is 0 Å². The summed E-state index contributed by atoms with van der Waals surface area (Å²) in [6, 6.07) is 4.12. The molecule has 14 heavy (non-hydrogen) atoms. The molecular weight excluding hydrogens is 172 g/mol. The van der Waals surface area contributed by atoms with E-state index in [-0.39, 0.29) is 0 Å². The van der Waals surface area contributed by atoms with Crippen molar-refractivity contribution in [2.75, 3.05) is 6.54 Å². The first-order valence-electron chi connectivity index (χ1n) is 5.04. The molecule has 0 aliphatic carbocycles. The van der Waals surface area contributed by atoms with E-state index in [2.05, 4.69) is 48.9 Å². The zero-order valence-electron chi connectivity index (χ0n) is 9.20. The van der Waals surface area contributed by atoms with Crippen molar-refractivity contribution in [3.8, 4) is 0 Å². The van der Waals surface area contributed by atoms with E-state index in [4.69, 9.17) is 0 Å². The molecule has 0 saturated heterocycles. The molecule has 0 fully saturated rings. The molecule has 1 rings (SSSR count). The fraction of sp³-hybridized carbons (Fsp3) is 0.417. The minimum Gasteiger partial charge on any atom is -0.371 e. The number of hydrogen-bond acceptors (Lipinski definition) is 2. The molecule has 0 N–H and O–H groups in total. The minimum atomic E-state index is 0.967. The van der Waals surface area contributed by atoms with Crippen molar-refractivity contribution in [3.63, 3.8) is 0 Å². The van der Waals surface area contributed by atoms with Gasteiger partial charge >= 0.3 is 0 Å². The smallest absolute Gasteiger partial charge is 0.0427 e. The standard InChI is InChI=1S/C12H18N2/c1-4-11(3)14(5-2)10-12-6-8-13-9-7-12/h4,6-9H,5,10H2,1-3H3/b11-4-. The molecule has 0 saturated carbocycles. The van der Waals surface area contributed by atoms with Crippen molar-refractivity contribution in [1.29, 1.82) is 0 Å². The van der Waals surface area contributed by atoms with Gasteiger partial charge in [-0.3, -0.25) is 4.98 Å². The Labute approximate surface area is 86.3 Å². The number of nitrogens with zero attached hydrogens (tertiary/aromatic N) is 2. The summed E-state index contributed by atoms with van der Waals surface area (Å²) in [6.07, 6.45) is 5.83. The molecule has 0 unspecified atom stereocenters. The summed E-state index contributed by atoms with van der Waals surface area (Å²) < 4.78 is 0. The Morgan fingerprint density at radius 1 is 1.43 bits per heavy atom. The Hall–Kier alpha value is -1.31. The van der Waals surface area contributed by atoms with Gasteiger partial charge in [-0.05, 0) is 38.5 Å². The molecule has 0 atom stereocenters. The first-order chi connectivity index (χ1) is 6.77. The fourth-order valence-electron chi connectivity index (χ4n) is 1.38. The summed E-state index contributed by atoms with van der Waals surface area (Å²) >= 11 is 0. The summed E-state index contributed by atoms with van der Waals surface area (Å²) in [6.45, 7) is 8.40. The topological polar surface area (TPSA) is 16.1 Å². The molecule has 2 nitrogen and oxygen atoms in total. The molecule has 2 heteroatoms. The maximum atomic E-state index is 4.01. The Balaban J connectivity index is 2.67. The fourth-order valence-corrected chi connectivity index (χ4v) is 1.38. The molecule has 0 amide bonds. The van der Waals surface area contributed by atoms with Crippen molar-refractivity contribution in [1.82, 2.24) is 9.88 Å². The van der Waals surface area contributed by atoms with Gasteiger partial charge in [-0.2, -0.15) is 0 Å². The highest BCUT2D eigenvalue weighted by Gasteiger charge is 2.02. The maximum absolute atomic E-state index is 4.01. The molecule has 0 spiro atoms. The van der Waals surface area contributed by atoms with E-state index in [0.717, 1.165) is 13.1 Å². The largest absolute Gasteiger partial charge is 0.371 e. The van der Waals surface area contributed by atoms with E-state index in [1.165, 1.54) is 11.3 Å². The van der Waals surface area contributed by atoms with Gasteiger partial charge in [-0.1, -0.05) is 6.08 Å². The number of hydrogen-bond donors (Lipinski definition) is 0. The van der Waals surface area contributed by atoms with Crippen LogP contribution in [-0.2, 0) is 6.54 Å². The summed E-state index contributed by atoms with van der Waals surface area (Å²) in [4.78, 5) is 6.35. The third kappa shape index (κ3) is 2.87. The van der Waals surface area contributed by atoms with Gasteiger partial charge in [0.15, 0.2) is 0 Å². The molecular formula is C12H18N2. The highest BCUT2D eigenvalue weighted by atomic mass is 15.1. The van der Waals surface area contributed by atoms with Crippen LogP contribution in [0.4, 0.5) is 0 Å². The van der Waals surface area contributed by atoms with Gasteiger partial charge in [0.2, 0.25) is 0 Å². The van der Waals surface area contributed by atoms with Crippen molar-refractivity contribution in [3.05, 3.63) is 41.9 Å².